The van der Waals surface area contributed by atoms with E-state index in [9.17, 15) is 9.59 Å². The topological polar surface area (TPSA) is 59.1 Å². The molecule has 6 heteroatoms. The SMILES string of the molecule is O=C1C=C2[C@@H]3[C@H]4C5=CC(=O)O[C@@]56C[C@@H]([C@H]4[C@@H]3[C@@H]3C[C@@]2(O1)[C@H]1CCCCN31)N1CCCC[C@@H]16. The van der Waals surface area contributed by atoms with Crippen LogP contribution < -0.4 is 0 Å². The van der Waals surface area contributed by atoms with Crippen molar-refractivity contribution in [2.75, 3.05) is 13.1 Å². The number of hydrogen-bond acceptors (Lipinski definition) is 6. The maximum atomic E-state index is 12.7. The number of ether oxygens (including phenoxy) is 2. The number of piperidine rings is 2. The fourth-order valence-corrected chi connectivity index (χ4v) is 10.8. The van der Waals surface area contributed by atoms with Gasteiger partial charge in [-0.05, 0) is 73.6 Å². The van der Waals surface area contributed by atoms with Crippen LogP contribution in [0.4, 0.5) is 0 Å². The second-order valence-corrected chi connectivity index (χ2v) is 12.1. The predicted octanol–water partition coefficient (Wildman–Crippen LogP) is 2.19. The fraction of sp³-hybridized carbons (Fsp3) is 0.769. The summed E-state index contributed by atoms with van der Waals surface area (Å²) in [5.74, 6) is 1.59. The van der Waals surface area contributed by atoms with E-state index in [0.717, 1.165) is 38.8 Å². The summed E-state index contributed by atoms with van der Waals surface area (Å²) in [4.78, 5) is 30.9. The lowest BCUT2D eigenvalue weighted by Gasteiger charge is -2.64. The quantitative estimate of drug-likeness (QED) is 0.545. The van der Waals surface area contributed by atoms with Crippen LogP contribution in [0.3, 0.4) is 0 Å². The van der Waals surface area contributed by atoms with Crippen molar-refractivity contribution in [3.05, 3.63) is 23.3 Å². The Morgan fingerprint density at radius 1 is 0.719 bits per heavy atom. The van der Waals surface area contributed by atoms with Crippen LogP contribution in [0, 0.1) is 23.7 Å². The summed E-state index contributed by atoms with van der Waals surface area (Å²) < 4.78 is 12.5. The van der Waals surface area contributed by atoms with Gasteiger partial charge in [-0.3, -0.25) is 9.80 Å². The van der Waals surface area contributed by atoms with Crippen LogP contribution in [0.15, 0.2) is 23.3 Å². The molecule has 8 heterocycles. The first-order valence-electron chi connectivity index (χ1n) is 13.0. The van der Waals surface area contributed by atoms with Crippen molar-refractivity contribution < 1.29 is 19.1 Å². The average molecular weight is 435 g/mol. The van der Waals surface area contributed by atoms with Crippen molar-refractivity contribution in [3.8, 4) is 0 Å². The lowest BCUT2D eigenvalue weighted by Crippen LogP contribution is -2.66. The van der Waals surface area contributed by atoms with E-state index in [2.05, 4.69) is 9.80 Å². The number of carbonyl (C=O) groups excluding carboxylic acids is 2. The number of fused-ring (bicyclic) bond motifs is 8. The monoisotopic (exact) mass is 434 g/mol. The Morgan fingerprint density at radius 3 is 1.66 bits per heavy atom. The Bertz CT molecular complexity index is 968. The van der Waals surface area contributed by atoms with Crippen LogP contribution in [0.2, 0.25) is 0 Å². The Balaban J connectivity index is 1.23. The molecule has 8 aliphatic heterocycles. The van der Waals surface area contributed by atoms with Gasteiger partial charge in [-0.25, -0.2) is 9.59 Å². The Kier molecular flexibility index (Phi) is 2.97. The second kappa shape index (κ2) is 5.35. The Morgan fingerprint density at radius 2 is 1.19 bits per heavy atom. The van der Waals surface area contributed by atoms with E-state index in [4.69, 9.17) is 9.47 Å². The zero-order valence-electron chi connectivity index (χ0n) is 18.4. The summed E-state index contributed by atoms with van der Waals surface area (Å²) in [5.41, 5.74) is 1.78. The number of carbonyl (C=O) groups is 2. The van der Waals surface area contributed by atoms with Crippen molar-refractivity contribution in [3.63, 3.8) is 0 Å². The highest BCUT2D eigenvalue weighted by atomic mass is 16.6. The number of rotatable bonds is 0. The zero-order valence-corrected chi connectivity index (χ0v) is 18.4. The summed E-state index contributed by atoms with van der Waals surface area (Å²) in [6.45, 7) is 2.29. The van der Waals surface area contributed by atoms with E-state index in [-0.39, 0.29) is 11.9 Å². The highest BCUT2D eigenvalue weighted by molar-refractivity contribution is 5.89. The molecular weight excluding hydrogens is 404 g/mol. The van der Waals surface area contributed by atoms with E-state index < -0.39 is 11.2 Å². The summed E-state index contributed by atoms with van der Waals surface area (Å²) in [6, 6.07) is 1.75. The highest BCUT2D eigenvalue weighted by Crippen LogP contribution is 2.74. The molecule has 168 valence electrons. The molecule has 1 saturated carbocycles. The lowest BCUT2D eigenvalue weighted by molar-refractivity contribution is -0.156. The molecule has 9 aliphatic rings. The van der Waals surface area contributed by atoms with Crippen LogP contribution in [0.1, 0.15) is 51.4 Å². The summed E-state index contributed by atoms with van der Waals surface area (Å²) in [6.07, 6.45) is 13.0. The number of esters is 2. The Labute approximate surface area is 188 Å². The summed E-state index contributed by atoms with van der Waals surface area (Å²) >= 11 is 0. The molecule has 7 fully saturated rings. The first-order chi connectivity index (χ1) is 15.6. The van der Waals surface area contributed by atoms with Gasteiger partial charge < -0.3 is 9.47 Å². The molecule has 0 aromatic heterocycles. The van der Waals surface area contributed by atoms with Crippen LogP contribution >= 0.6 is 0 Å². The van der Waals surface area contributed by atoms with Crippen molar-refractivity contribution in [2.45, 2.75) is 86.7 Å². The molecule has 0 N–H and O–H groups in total. The molecule has 0 unspecified atom stereocenters. The third-order valence-electron chi connectivity index (χ3n) is 11.4. The zero-order chi connectivity index (χ0) is 21.0. The van der Waals surface area contributed by atoms with Crippen LogP contribution in [-0.4, -0.2) is 70.2 Å². The first-order valence-corrected chi connectivity index (χ1v) is 13.0. The van der Waals surface area contributed by atoms with Crippen molar-refractivity contribution in [1.82, 2.24) is 9.80 Å². The summed E-state index contributed by atoms with van der Waals surface area (Å²) in [7, 11) is 0. The predicted molar refractivity (Wildman–Crippen MR) is 113 cm³/mol. The van der Waals surface area contributed by atoms with E-state index in [1.807, 2.05) is 12.2 Å². The first kappa shape index (κ1) is 17.8. The van der Waals surface area contributed by atoms with E-state index in [0.29, 0.717) is 47.8 Å². The molecule has 2 spiro atoms. The van der Waals surface area contributed by atoms with Gasteiger partial charge in [-0.15, -0.1) is 0 Å². The van der Waals surface area contributed by atoms with Crippen LogP contribution in [0.25, 0.3) is 0 Å². The maximum Gasteiger partial charge on any atom is 0.331 e. The van der Waals surface area contributed by atoms with Gasteiger partial charge in [0, 0.05) is 37.1 Å². The minimum Gasteiger partial charge on any atom is -0.450 e. The maximum absolute atomic E-state index is 12.7. The highest BCUT2D eigenvalue weighted by Gasteiger charge is 2.79. The Hall–Kier alpha value is -1.66. The van der Waals surface area contributed by atoms with E-state index >= 15 is 0 Å². The number of nitrogens with zero attached hydrogens (tertiary/aromatic N) is 2. The van der Waals surface area contributed by atoms with Crippen LogP contribution in [-0.2, 0) is 19.1 Å². The van der Waals surface area contributed by atoms with Crippen molar-refractivity contribution >= 4 is 11.9 Å². The molecule has 0 radical (unpaired) electrons. The molecule has 6 nitrogen and oxygen atoms in total. The third-order valence-corrected chi connectivity index (χ3v) is 11.4. The molecule has 0 aromatic carbocycles. The molecule has 1 aliphatic carbocycles. The number of hydrogen-bond donors (Lipinski definition) is 0. The summed E-state index contributed by atoms with van der Waals surface area (Å²) in [5, 5.41) is 0. The molecule has 0 aromatic rings. The lowest BCUT2D eigenvalue weighted by atomic mass is 9.41. The molecule has 0 amide bonds. The largest absolute Gasteiger partial charge is 0.450 e. The van der Waals surface area contributed by atoms with Gasteiger partial charge in [0.1, 0.15) is 0 Å². The normalized spacial score (nSPS) is 56.5. The van der Waals surface area contributed by atoms with Crippen molar-refractivity contribution in [2.24, 2.45) is 23.7 Å². The van der Waals surface area contributed by atoms with Gasteiger partial charge in [0.15, 0.2) is 11.2 Å². The average Bonchev–Trinajstić information content (AvgIpc) is 3.46. The van der Waals surface area contributed by atoms with Gasteiger partial charge in [0.2, 0.25) is 0 Å². The molecule has 10 atom stereocenters. The van der Waals surface area contributed by atoms with Gasteiger partial charge in [0.25, 0.3) is 0 Å². The minimum atomic E-state index is -0.394. The van der Waals surface area contributed by atoms with Gasteiger partial charge in [-0.2, -0.15) is 0 Å². The molecular formula is C26H30N2O4. The van der Waals surface area contributed by atoms with Gasteiger partial charge in [0.05, 0.1) is 12.1 Å². The molecule has 4 bridgehead atoms. The van der Waals surface area contributed by atoms with Crippen LogP contribution in [0.5, 0.6) is 0 Å². The molecule has 32 heavy (non-hydrogen) atoms. The molecule has 9 rings (SSSR count). The van der Waals surface area contributed by atoms with E-state index in [1.54, 1.807) is 0 Å². The fourth-order valence-electron chi connectivity index (χ4n) is 10.8. The van der Waals surface area contributed by atoms with E-state index in [1.165, 1.54) is 36.8 Å². The standard InChI is InChI=1S/C26H30N2O4/c29-19-9-13-21-22-14-10-20(30)32-26(14)12-16(28-8-4-2-6-18(26)28)24(22)23(21)15-11-25(13,31-19)17-5-1-3-7-27(15)17/h9-10,15-18,21-24H,1-8,11-12H2/t15-,16-,17+,18+,21+,22+,23+,24+,25-,26-/m0/s1. The van der Waals surface area contributed by atoms with Gasteiger partial charge in [-0.1, -0.05) is 12.8 Å². The van der Waals surface area contributed by atoms with Gasteiger partial charge >= 0.3 is 11.9 Å². The molecule has 6 saturated heterocycles. The second-order valence-electron chi connectivity index (χ2n) is 12.1. The smallest absolute Gasteiger partial charge is 0.331 e. The minimum absolute atomic E-state index is 0.131. The van der Waals surface area contributed by atoms with Crippen molar-refractivity contribution in [1.29, 1.82) is 0 Å². The third kappa shape index (κ3) is 1.68.